The average molecular weight is 331 g/mol. The first kappa shape index (κ1) is 16.8. The summed E-state index contributed by atoms with van der Waals surface area (Å²) in [5.41, 5.74) is 5.32. The summed E-state index contributed by atoms with van der Waals surface area (Å²) in [6, 6.07) is 23.7. The minimum Gasteiger partial charge on any atom is -0.484 e. The zero-order valence-corrected chi connectivity index (χ0v) is 14.5. The van der Waals surface area contributed by atoms with Crippen molar-refractivity contribution in [1.82, 2.24) is 0 Å². The van der Waals surface area contributed by atoms with E-state index < -0.39 is 0 Å². The van der Waals surface area contributed by atoms with Crippen molar-refractivity contribution in [2.45, 2.75) is 13.8 Å². The monoisotopic (exact) mass is 331 g/mol. The highest BCUT2D eigenvalue weighted by Crippen LogP contribution is 2.22. The van der Waals surface area contributed by atoms with Crippen LogP contribution in [-0.4, -0.2) is 12.5 Å². The van der Waals surface area contributed by atoms with Crippen LogP contribution >= 0.6 is 0 Å². The van der Waals surface area contributed by atoms with Crippen molar-refractivity contribution in [2.24, 2.45) is 0 Å². The summed E-state index contributed by atoms with van der Waals surface area (Å²) in [4.78, 5) is 12.1. The Balaban J connectivity index is 1.58. The molecule has 0 saturated carbocycles. The lowest BCUT2D eigenvalue weighted by atomic mass is 10.1. The maximum atomic E-state index is 12.1. The zero-order chi connectivity index (χ0) is 17.6. The van der Waals surface area contributed by atoms with Crippen molar-refractivity contribution in [3.63, 3.8) is 0 Å². The van der Waals surface area contributed by atoms with E-state index >= 15 is 0 Å². The van der Waals surface area contributed by atoms with E-state index in [1.807, 2.05) is 74.5 Å². The Morgan fingerprint density at radius 3 is 2.24 bits per heavy atom. The second kappa shape index (κ2) is 7.67. The Bertz CT molecular complexity index is 855. The molecule has 0 fully saturated rings. The van der Waals surface area contributed by atoms with E-state index in [9.17, 15) is 4.79 Å². The molecule has 3 aromatic carbocycles. The fourth-order valence-corrected chi connectivity index (χ4v) is 2.60. The summed E-state index contributed by atoms with van der Waals surface area (Å²) >= 11 is 0. The molecule has 0 unspecified atom stereocenters. The summed E-state index contributed by atoms with van der Waals surface area (Å²) in [7, 11) is 0. The molecule has 1 N–H and O–H groups in total. The van der Waals surface area contributed by atoms with Crippen LogP contribution in [0.2, 0.25) is 0 Å². The van der Waals surface area contributed by atoms with Crippen LogP contribution in [-0.2, 0) is 4.79 Å². The summed E-state index contributed by atoms with van der Waals surface area (Å²) in [5, 5.41) is 2.89. The summed E-state index contributed by atoms with van der Waals surface area (Å²) in [6.07, 6.45) is 0. The SMILES string of the molecule is Cc1cccc(NC(=O)COc2ccc(-c3ccccc3)cc2)c1C. The van der Waals surface area contributed by atoms with Crippen LogP contribution in [0.1, 0.15) is 11.1 Å². The molecule has 3 aromatic rings. The van der Waals surface area contributed by atoms with Gasteiger partial charge in [0.1, 0.15) is 5.75 Å². The first-order valence-electron chi connectivity index (χ1n) is 8.28. The fourth-order valence-electron chi connectivity index (χ4n) is 2.60. The fraction of sp³-hybridized carbons (Fsp3) is 0.136. The minimum absolute atomic E-state index is 0.0158. The topological polar surface area (TPSA) is 38.3 Å². The first-order valence-corrected chi connectivity index (χ1v) is 8.28. The molecule has 0 spiro atoms. The summed E-state index contributed by atoms with van der Waals surface area (Å²) in [6.45, 7) is 4.00. The van der Waals surface area contributed by atoms with Gasteiger partial charge in [-0.15, -0.1) is 0 Å². The minimum atomic E-state index is -0.166. The van der Waals surface area contributed by atoms with E-state index in [4.69, 9.17) is 4.74 Å². The van der Waals surface area contributed by atoms with Crippen LogP contribution in [0.15, 0.2) is 72.8 Å². The van der Waals surface area contributed by atoms with E-state index in [0.717, 1.165) is 27.9 Å². The predicted octanol–water partition coefficient (Wildman–Crippen LogP) is 4.99. The molecule has 0 saturated heterocycles. The smallest absolute Gasteiger partial charge is 0.262 e. The van der Waals surface area contributed by atoms with Gasteiger partial charge in [0.2, 0.25) is 0 Å². The number of carbonyl (C=O) groups excluding carboxylic acids is 1. The molecule has 0 aromatic heterocycles. The molecule has 0 aliphatic carbocycles. The van der Waals surface area contributed by atoms with E-state index in [1.165, 1.54) is 0 Å². The van der Waals surface area contributed by atoms with E-state index in [2.05, 4.69) is 17.4 Å². The van der Waals surface area contributed by atoms with Crippen molar-refractivity contribution >= 4 is 11.6 Å². The third-order valence-electron chi connectivity index (χ3n) is 4.21. The van der Waals surface area contributed by atoms with Gasteiger partial charge in [0.15, 0.2) is 6.61 Å². The maximum absolute atomic E-state index is 12.1. The Labute approximate surface area is 148 Å². The number of hydrogen-bond acceptors (Lipinski definition) is 2. The Kier molecular flexibility index (Phi) is 5.14. The molecule has 3 nitrogen and oxygen atoms in total. The highest BCUT2D eigenvalue weighted by atomic mass is 16.5. The van der Waals surface area contributed by atoms with Crippen LogP contribution in [0.4, 0.5) is 5.69 Å². The highest BCUT2D eigenvalue weighted by molar-refractivity contribution is 5.92. The van der Waals surface area contributed by atoms with Gasteiger partial charge in [0.05, 0.1) is 0 Å². The van der Waals surface area contributed by atoms with Crippen molar-refractivity contribution in [1.29, 1.82) is 0 Å². The lowest BCUT2D eigenvalue weighted by Crippen LogP contribution is -2.20. The molecule has 0 aliphatic rings. The number of amides is 1. The van der Waals surface area contributed by atoms with Crippen LogP contribution in [0.25, 0.3) is 11.1 Å². The second-order valence-corrected chi connectivity index (χ2v) is 5.97. The molecule has 0 bridgehead atoms. The van der Waals surface area contributed by atoms with Crippen molar-refractivity contribution in [2.75, 3.05) is 11.9 Å². The van der Waals surface area contributed by atoms with E-state index in [1.54, 1.807) is 0 Å². The number of aryl methyl sites for hydroxylation is 1. The number of nitrogens with one attached hydrogen (secondary N) is 1. The molecule has 0 radical (unpaired) electrons. The zero-order valence-electron chi connectivity index (χ0n) is 14.5. The van der Waals surface area contributed by atoms with Crippen LogP contribution < -0.4 is 10.1 Å². The van der Waals surface area contributed by atoms with Crippen LogP contribution in [0.5, 0.6) is 5.75 Å². The van der Waals surface area contributed by atoms with E-state index in [0.29, 0.717) is 5.75 Å². The lowest BCUT2D eigenvalue weighted by molar-refractivity contribution is -0.118. The normalized spacial score (nSPS) is 10.3. The van der Waals surface area contributed by atoms with Crippen molar-refractivity contribution < 1.29 is 9.53 Å². The molecule has 3 rings (SSSR count). The van der Waals surface area contributed by atoms with Gasteiger partial charge in [-0.3, -0.25) is 4.79 Å². The molecule has 1 amide bonds. The number of carbonyl (C=O) groups is 1. The summed E-state index contributed by atoms with van der Waals surface area (Å²) < 4.78 is 5.59. The number of benzene rings is 3. The van der Waals surface area contributed by atoms with Gasteiger partial charge in [-0.2, -0.15) is 0 Å². The van der Waals surface area contributed by atoms with Crippen molar-refractivity contribution in [3.8, 4) is 16.9 Å². The average Bonchev–Trinajstić information content (AvgIpc) is 2.65. The molecule has 126 valence electrons. The predicted molar refractivity (Wildman–Crippen MR) is 102 cm³/mol. The molecule has 3 heteroatoms. The second-order valence-electron chi connectivity index (χ2n) is 5.97. The molecule has 25 heavy (non-hydrogen) atoms. The summed E-state index contributed by atoms with van der Waals surface area (Å²) in [5.74, 6) is 0.511. The Morgan fingerprint density at radius 2 is 1.52 bits per heavy atom. The lowest BCUT2D eigenvalue weighted by Gasteiger charge is -2.11. The molecular weight excluding hydrogens is 310 g/mol. The van der Waals surface area contributed by atoms with Crippen LogP contribution in [0, 0.1) is 13.8 Å². The van der Waals surface area contributed by atoms with Gasteiger partial charge in [0, 0.05) is 5.69 Å². The number of hydrogen-bond donors (Lipinski definition) is 1. The largest absolute Gasteiger partial charge is 0.484 e. The van der Waals surface area contributed by atoms with Gasteiger partial charge >= 0.3 is 0 Å². The van der Waals surface area contributed by atoms with Crippen LogP contribution in [0.3, 0.4) is 0 Å². The van der Waals surface area contributed by atoms with Gasteiger partial charge in [-0.05, 0) is 54.3 Å². The third-order valence-corrected chi connectivity index (χ3v) is 4.21. The van der Waals surface area contributed by atoms with Crippen molar-refractivity contribution in [3.05, 3.63) is 83.9 Å². The van der Waals surface area contributed by atoms with Gasteiger partial charge in [-0.25, -0.2) is 0 Å². The van der Waals surface area contributed by atoms with Gasteiger partial charge in [-0.1, -0.05) is 54.6 Å². The molecule has 0 aliphatic heterocycles. The Hall–Kier alpha value is -3.07. The Morgan fingerprint density at radius 1 is 0.840 bits per heavy atom. The maximum Gasteiger partial charge on any atom is 0.262 e. The number of ether oxygens (including phenoxy) is 1. The standard InChI is InChI=1S/C22H21NO2/c1-16-7-6-10-21(17(16)2)23-22(24)15-25-20-13-11-19(12-14-20)18-8-4-3-5-9-18/h3-14H,15H2,1-2H3,(H,23,24). The van der Waals surface area contributed by atoms with Gasteiger partial charge < -0.3 is 10.1 Å². The number of anilines is 1. The van der Waals surface area contributed by atoms with Gasteiger partial charge in [0.25, 0.3) is 5.91 Å². The highest BCUT2D eigenvalue weighted by Gasteiger charge is 2.07. The number of rotatable bonds is 5. The first-order chi connectivity index (χ1) is 12.1. The third kappa shape index (κ3) is 4.27. The van der Waals surface area contributed by atoms with E-state index in [-0.39, 0.29) is 12.5 Å². The molecule has 0 heterocycles. The molecule has 0 atom stereocenters. The quantitative estimate of drug-likeness (QED) is 0.715. The molecular formula is C22H21NO2.